The molecule has 0 spiro atoms. The fourth-order valence-electron chi connectivity index (χ4n) is 2.60. The molecule has 1 atom stereocenters. The molecule has 0 saturated carbocycles. The molecule has 2 amide bonds. The van der Waals surface area contributed by atoms with Crippen molar-refractivity contribution < 1.29 is 14.3 Å². The van der Waals surface area contributed by atoms with Crippen LogP contribution in [-0.4, -0.2) is 27.7 Å². The van der Waals surface area contributed by atoms with Crippen LogP contribution in [0.15, 0.2) is 54.9 Å². The van der Waals surface area contributed by atoms with Crippen LogP contribution >= 0.6 is 11.6 Å². The summed E-state index contributed by atoms with van der Waals surface area (Å²) < 4.78 is 7.20. The van der Waals surface area contributed by atoms with Crippen molar-refractivity contribution in [2.75, 3.05) is 0 Å². The van der Waals surface area contributed by atoms with Gasteiger partial charge < -0.3 is 4.74 Å². The number of aryl methyl sites for hydroxylation is 1. The summed E-state index contributed by atoms with van der Waals surface area (Å²) in [5.41, 5.74) is 7.68. The summed E-state index contributed by atoms with van der Waals surface area (Å²) in [7, 11) is 0. The van der Waals surface area contributed by atoms with Gasteiger partial charge in [-0.2, -0.15) is 5.10 Å². The second kappa shape index (κ2) is 8.79. The van der Waals surface area contributed by atoms with Crippen LogP contribution in [0.5, 0.6) is 5.75 Å². The highest BCUT2D eigenvalue weighted by molar-refractivity contribution is 6.32. The third-order valence-corrected chi connectivity index (χ3v) is 4.79. The summed E-state index contributed by atoms with van der Waals surface area (Å²) in [5, 5.41) is 4.65. The molecule has 2 aromatic carbocycles. The Morgan fingerprint density at radius 1 is 1.10 bits per heavy atom. The van der Waals surface area contributed by atoms with Crippen molar-refractivity contribution in [3.63, 3.8) is 0 Å². The second-order valence-corrected chi connectivity index (χ2v) is 6.93. The molecule has 1 heterocycles. The van der Waals surface area contributed by atoms with E-state index in [0.717, 1.165) is 11.1 Å². The van der Waals surface area contributed by atoms with E-state index in [2.05, 4.69) is 16.0 Å². The van der Waals surface area contributed by atoms with Crippen LogP contribution in [0.3, 0.4) is 0 Å². The molecule has 0 aliphatic heterocycles. The predicted octanol–water partition coefficient (Wildman–Crippen LogP) is 3.37. The normalized spacial score (nSPS) is 11.6. The highest BCUT2D eigenvalue weighted by Gasteiger charge is 2.18. The summed E-state index contributed by atoms with van der Waals surface area (Å²) in [6.07, 6.45) is 2.13. The number of carbonyl (C=O) groups is 2. The number of amides is 2. The zero-order chi connectivity index (χ0) is 21.0. The van der Waals surface area contributed by atoms with Crippen LogP contribution in [0.1, 0.15) is 28.4 Å². The third-order valence-electron chi connectivity index (χ3n) is 4.47. The van der Waals surface area contributed by atoms with Crippen molar-refractivity contribution in [2.45, 2.75) is 26.9 Å². The van der Waals surface area contributed by atoms with Crippen molar-refractivity contribution in [3.05, 3.63) is 76.6 Å². The highest BCUT2D eigenvalue weighted by Crippen LogP contribution is 2.22. The zero-order valence-corrected chi connectivity index (χ0v) is 17.0. The van der Waals surface area contributed by atoms with Crippen molar-refractivity contribution in [1.29, 1.82) is 0 Å². The first kappa shape index (κ1) is 20.4. The molecular weight excluding hydrogens is 392 g/mol. The van der Waals surface area contributed by atoms with Gasteiger partial charge in [0.05, 0.1) is 22.5 Å². The van der Waals surface area contributed by atoms with Gasteiger partial charge in [-0.3, -0.25) is 20.4 Å². The molecule has 0 fully saturated rings. The van der Waals surface area contributed by atoms with E-state index in [1.807, 2.05) is 32.0 Å². The van der Waals surface area contributed by atoms with Gasteiger partial charge in [0.15, 0.2) is 6.10 Å². The molecule has 0 saturated heterocycles. The largest absolute Gasteiger partial charge is 0.481 e. The summed E-state index contributed by atoms with van der Waals surface area (Å²) in [4.78, 5) is 24.6. The van der Waals surface area contributed by atoms with Gasteiger partial charge in [0.1, 0.15) is 5.75 Å². The van der Waals surface area contributed by atoms with E-state index in [1.165, 1.54) is 17.1 Å². The summed E-state index contributed by atoms with van der Waals surface area (Å²) in [6.45, 7) is 5.50. The van der Waals surface area contributed by atoms with Gasteiger partial charge in [-0.05, 0) is 50.1 Å². The minimum atomic E-state index is -0.790. The monoisotopic (exact) mass is 412 g/mol. The Kier molecular flexibility index (Phi) is 6.19. The minimum Gasteiger partial charge on any atom is -0.481 e. The van der Waals surface area contributed by atoms with Gasteiger partial charge >= 0.3 is 0 Å². The number of para-hydroxylation sites is 1. The second-order valence-electron chi connectivity index (χ2n) is 6.53. The fourth-order valence-corrected chi connectivity index (χ4v) is 2.82. The van der Waals surface area contributed by atoms with E-state index in [-0.39, 0.29) is 5.56 Å². The van der Waals surface area contributed by atoms with Gasteiger partial charge in [-0.1, -0.05) is 35.9 Å². The minimum absolute atomic E-state index is 0.272. The van der Waals surface area contributed by atoms with Gasteiger partial charge in [-0.15, -0.1) is 0 Å². The van der Waals surface area contributed by atoms with E-state index in [4.69, 9.17) is 16.3 Å². The molecule has 1 unspecified atom stereocenters. The van der Waals surface area contributed by atoms with E-state index in [0.29, 0.717) is 16.5 Å². The number of carbonyl (C=O) groups excluding carboxylic acids is 2. The lowest BCUT2D eigenvalue weighted by Crippen LogP contribution is -2.47. The van der Waals surface area contributed by atoms with E-state index < -0.39 is 17.9 Å². The number of aromatic nitrogens is 2. The first-order valence-corrected chi connectivity index (χ1v) is 9.37. The summed E-state index contributed by atoms with van der Waals surface area (Å²) in [6, 6.07) is 12.8. The van der Waals surface area contributed by atoms with Gasteiger partial charge in [0, 0.05) is 6.20 Å². The molecule has 0 aliphatic rings. The van der Waals surface area contributed by atoms with Crippen LogP contribution in [-0.2, 0) is 4.79 Å². The molecule has 29 heavy (non-hydrogen) atoms. The lowest BCUT2D eigenvalue weighted by molar-refractivity contribution is -0.128. The summed E-state index contributed by atoms with van der Waals surface area (Å²) >= 11 is 6.14. The molecule has 0 radical (unpaired) electrons. The average Bonchev–Trinajstić information content (AvgIpc) is 3.19. The topological polar surface area (TPSA) is 85.2 Å². The number of benzene rings is 2. The third kappa shape index (κ3) is 4.75. The Morgan fingerprint density at radius 2 is 1.86 bits per heavy atom. The van der Waals surface area contributed by atoms with Crippen molar-refractivity contribution in [2.24, 2.45) is 0 Å². The molecule has 3 aromatic rings. The van der Waals surface area contributed by atoms with Crippen LogP contribution in [0, 0.1) is 13.8 Å². The van der Waals surface area contributed by atoms with Crippen molar-refractivity contribution in [1.82, 2.24) is 20.6 Å². The number of nitrogens with zero attached hydrogens (tertiary/aromatic N) is 2. The van der Waals surface area contributed by atoms with Crippen LogP contribution in [0.4, 0.5) is 0 Å². The molecule has 8 heteroatoms. The number of halogens is 1. The molecule has 3 rings (SSSR count). The Balaban J connectivity index is 1.58. The van der Waals surface area contributed by atoms with Crippen LogP contribution in [0.25, 0.3) is 5.69 Å². The molecule has 0 aliphatic carbocycles. The first-order valence-electron chi connectivity index (χ1n) is 8.99. The lowest BCUT2D eigenvalue weighted by Gasteiger charge is -2.17. The molecule has 7 nitrogen and oxygen atoms in total. The van der Waals surface area contributed by atoms with E-state index in [1.54, 1.807) is 31.2 Å². The number of nitrogens with one attached hydrogen (secondary N) is 2. The number of hydrogen-bond donors (Lipinski definition) is 2. The average molecular weight is 413 g/mol. The van der Waals surface area contributed by atoms with E-state index >= 15 is 0 Å². The number of hydrogen-bond acceptors (Lipinski definition) is 4. The molecule has 0 bridgehead atoms. The first-order chi connectivity index (χ1) is 13.9. The molecular formula is C21H21ClN4O3. The zero-order valence-electron chi connectivity index (χ0n) is 16.3. The number of rotatable bonds is 5. The Labute approximate surface area is 173 Å². The van der Waals surface area contributed by atoms with Gasteiger partial charge in [0.2, 0.25) is 0 Å². The van der Waals surface area contributed by atoms with E-state index in [9.17, 15) is 9.59 Å². The van der Waals surface area contributed by atoms with Gasteiger partial charge in [-0.25, -0.2) is 4.68 Å². The standard InChI is InChI=1S/C21H21ClN4O3/c1-13-7-6-10-19(14(13)2)29-15(3)20(27)24-25-21(28)16-11-23-26(12-16)18-9-5-4-8-17(18)22/h4-12,15H,1-3H3,(H,24,27)(H,25,28). The quantitative estimate of drug-likeness (QED) is 0.629. The molecule has 150 valence electrons. The predicted molar refractivity (Wildman–Crippen MR) is 110 cm³/mol. The smallest absolute Gasteiger partial charge is 0.279 e. The fraction of sp³-hybridized carbons (Fsp3) is 0.190. The Morgan fingerprint density at radius 3 is 2.62 bits per heavy atom. The number of ether oxygens (including phenoxy) is 1. The van der Waals surface area contributed by atoms with Crippen LogP contribution < -0.4 is 15.6 Å². The SMILES string of the molecule is Cc1cccc(OC(C)C(=O)NNC(=O)c2cnn(-c3ccccc3Cl)c2)c1C. The maximum Gasteiger partial charge on any atom is 0.279 e. The van der Waals surface area contributed by atoms with Gasteiger partial charge in [0.25, 0.3) is 11.8 Å². The lowest BCUT2D eigenvalue weighted by atomic mass is 10.1. The Bertz CT molecular complexity index is 1050. The summed E-state index contributed by atoms with van der Waals surface area (Å²) in [5.74, 6) is -0.353. The van der Waals surface area contributed by atoms with Crippen LogP contribution in [0.2, 0.25) is 5.02 Å². The maximum absolute atomic E-state index is 12.3. The molecule has 2 N–H and O–H groups in total. The van der Waals surface area contributed by atoms with Crippen molar-refractivity contribution in [3.8, 4) is 11.4 Å². The Hall–Kier alpha value is -3.32. The number of hydrazine groups is 1. The maximum atomic E-state index is 12.3. The molecule has 1 aromatic heterocycles. The van der Waals surface area contributed by atoms with Crippen molar-refractivity contribution >= 4 is 23.4 Å². The highest BCUT2D eigenvalue weighted by atomic mass is 35.5.